The molecule has 0 atom stereocenters. The molecule has 1 aromatic rings. The van der Waals surface area contributed by atoms with E-state index in [1.165, 1.54) is 0 Å². The number of unbranched alkanes of at least 4 members (excludes halogenated alkanes) is 4. The van der Waals surface area contributed by atoms with Crippen LogP contribution in [0.15, 0.2) is 0 Å². The number of benzene rings is 1. The third-order valence-corrected chi connectivity index (χ3v) is 4.71. The molecule has 0 aliphatic carbocycles. The lowest BCUT2D eigenvalue weighted by atomic mass is 10.0. The van der Waals surface area contributed by atoms with Crippen LogP contribution in [-0.2, 0) is 10.8 Å². The van der Waals surface area contributed by atoms with Gasteiger partial charge in [-0.2, -0.15) is 0 Å². The van der Waals surface area contributed by atoms with Gasteiger partial charge in [0, 0.05) is 5.56 Å². The maximum atomic E-state index is 13.4. The minimum absolute atomic E-state index is 0.208. The zero-order valence-electron chi connectivity index (χ0n) is 12.4. The van der Waals surface area contributed by atoms with E-state index >= 15 is 0 Å². The van der Waals surface area contributed by atoms with Gasteiger partial charge in [-0.3, -0.25) is 0 Å². The lowest BCUT2D eigenvalue weighted by Crippen LogP contribution is -2.12. The number of aliphatic hydroxyl groups excluding tert-OH is 1. The fourth-order valence-electron chi connectivity index (χ4n) is 2.17. The normalized spacial score (nSPS) is 12.0. The molecule has 23 heavy (non-hydrogen) atoms. The van der Waals surface area contributed by atoms with E-state index in [2.05, 4.69) is 4.43 Å². The first-order valence-electron chi connectivity index (χ1n) is 7.34. The number of hydrogen-bond acceptors (Lipinski definition) is 3. The van der Waals surface area contributed by atoms with Crippen LogP contribution in [0.3, 0.4) is 0 Å². The van der Waals surface area contributed by atoms with Crippen molar-refractivity contribution in [3.63, 3.8) is 0 Å². The largest absolute Gasteiger partial charge is 0.379 e. The molecule has 0 radical (unpaired) electrons. The lowest BCUT2D eigenvalue weighted by molar-refractivity contribution is -0.180. The first-order valence-corrected chi connectivity index (χ1v) is 8.92. The summed E-state index contributed by atoms with van der Waals surface area (Å²) in [6, 6.07) is 0.773. The predicted molar refractivity (Wildman–Crippen MR) is 75.7 cm³/mol. The van der Waals surface area contributed by atoms with Crippen molar-refractivity contribution in [3.8, 4) is 0 Å². The van der Waals surface area contributed by atoms with Gasteiger partial charge in [0.05, 0.1) is 0 Å². The average Bonchev–Trinajstić information content (AvgIpc) is 2.52. The Bertz CT molecular complexity index is 485. The molecule has 0 saturated carbocycles. The molecule has 0 aliphatic rings. The monoisotopic (exact) mass is 358 g/mol. The lowest BCUT2D eigenvalue weighted by Gasteiger charge is -2.08. The Hall–Kier alpha value is -1.03. The molecule has 132 valence electrons. The second-order valence-corrected chi connectivity index (χ2v) is 6.57. The first-order chi connectivity index (χ1) is 10.9. The first kappa shape index (κ1) is 20.0. The molecule has 0 fully saturated rings. The van der Waals surface area contributed by atoms with Crippen LogP contribution < -0.4 is 0 Å². The van der Waals surface area contributed by atoms with Crippen LogP contribution in [0.4, 0.5) is 22.0 Å². The van der Waals surface area contributed by atoms with Gasteiger partial charge in [-0.1, -0.05) is 25.7 Å². The molecule has 2 N–H and O–H groups in total. The van der Waals surface area contributed by atoms with Crippen molar-refractivity contribution in [2.45, 2.75) is 51.0 Å². The summed E-state index contributed by atoms with van der Waals surface area (Å²) in [5, 5.41) is 16.9. The molecule has 0 saturated heterocycles. The van der Waals surface area contributed by atoms with Gasteiger partial charge >= 0.3 is 0 Å². The Morgan fingerprint density at radius 1 is 0.739 bits per heavy atom. The summed E-state index contributed by atoms with van der Waals surface area (Å²) in [7, 11) is -0.959. The zero-order chi connectivity index (χ0) is 17.4. The minimum atomic E-state index is -2.14. The van der Waals surface area contributed by atoms with Gasteiger partial charge in [-0.25, -0.2) is 22.0 Å². The highest BCUT2D eigenvalue weighted by Crippen LogP contribution is 2.24. The van der Waals surface area contributed by atoms with E-state index in [9.17, 15) is 22.0 Å². The molecule has 3 nitrogen and oxygen atoms in total. The summed E-state index contributed by atoms with van der Waals surface area (Å²) in [4.78, 5) is 0. The van der Waals surface area contributed by atoms with Crippen molar-refractivity contribution < 1.29 is 36.6 Å². The minimum Gasteiger partial charge on any atom is -0.379 e. The average molecular weight is 358 g/mol. The van der Waals surface area contributed by atoms with E-state index in [-0.39, 0.29) is 6.42 Å². The second-order valence-electron chi connectivity index (χ2n) is 5.12. The molecular formula is C14H19F5O3Si. The van der Waals surface area contributed by atoms with E-state index in [0.29, 0.717) is 12.8 Å². The summed E-state index contributed by atoms with van der Waals surface area (Å²) < 4.78 is 70.4. The Kier molecular flexibility index (Phi) is 8.67. The van der Waals surface area contributed by atoms with E-state index in [0.717, 1.165) is 25.3 Å². The molecular weight excluding hydrogens is 339 g/mol. The third-order valence-electron chi connectivity index (χ3n) is 3.39. The maximum absolute atomic E-state index is 13.4. The van der Waals surface area contributed by atoms with Crippen LogP contribution in [0.5, 0.6) is 0 Å². The van der Waals surface area contributed by atoms with Crippen molar-refractivity contribution in [2.75, 3.05) is 0 Å². The Balaban J connectivity index is 2.29. The molecule has 0 aliphatic heterocycles. The maximum Gasteiger partial charge on any atom is 0.256 e. The fraction of sp³-hybridized carbons (Fsp3) is 0.571. The number of aliphatic hydroxyl groups is 2. The molecule has 0 unspecified atom stereocenters. The summed E-state index contributed by atoms with van der Waals surface area (Å²) >= 11 is 0. The van der Waals surface area contributed by atoms with E-state index < -0.39 is 50.9 Å². The fourth-order valence-corrected chi connectivity index (χ4v) is 3.10. The summed E-state index contributed by atoms with van der Waals surface area (Å²) in [6.45, 7) is -1.72. The quantitative estimate of drug-likeness (QED) is 0.169. The van der Waals surface area contributed by atoms with Gasteiger partial charge in [0.1, 0.15) is 0 Å². The molecule has 0 heterocycles. The zero-order valence-corrected chi connectivity index (χ0v) is 13.8. The highest BCUT2D eigenvalue weighted by Gasteiger charge is 2.24. The van der Waals surface area contributed by atoms with Crippen molar-refractivity contribution in [2.24, 2.45) is 0 Å². The third kappa shape index (κ3) is 6.17. The van der Waals surface area contributed by atoms with Crippen LogP contribution in [0.2, 0.25) is 6.04 Å². The van der Waals surface area contributed by atoms with Gasteiger partial charge < -0.3 is 14.6 Å². The standard InChI is InChI=1S/C14H19F5O3Si/c15-9-8(10(16)12(18)13(19)11(9)17)6-4-2-1-3-5-7-23-22-14(20)21/h14,20-21H,1-7,23H2. The molecule has 9 heteroatoms. The van der Waals surface area contributed by atoms with Gasteiger partial charge in [0.15, 0.2) is 33.0 Å². The molecule has 1 aromatic carbocycles. The van der Waals surface area contributed by atoms with Gasteiger partial charge in [0.2, 0.25) is 5.82 Å². The van der Waals surface area contributed by atoms with Gasteiger partial charge in [0.25, 0.3) is 6.48 Å². The van der Waals surface area contributed by atoms with E-state index in [1.807, 2.05) is 0 Å². The topological polar surface area (TPSA) is 49.7 Å². The van der Waals surface area contributed by atoms with E-state index in [1.54, 1.807) is 0 Å². The Morgan fingerprint density at radius 3 is 1.78 bits per heavy atom. The van der Waals surface area contributed by atoms with Crippen LogP contribution in [0.1, 0.15) is 37.7 Å². The number of rotatable bonds is 10. The van der Waals surface area contributed by atoms with Crippen molar-refractivity contribution in [1.29, 1.82) is 0 Å². The van der Waals surface area contributed by atoms with Gasteiger partial charge in [-0.05, 0) is 18.9 Å². The Morgan fingerprint density at radius 2 is 1.22 bits per heavy atom. The predicted octanol–water partition coefficient (Wildman–Crippen LogP) is 2.66. The number of halogens is 5. The Labute approximate surface area is 133 Å². The van der Waals surface area contributed by atoms with Crippen LogP contribution in [0, 0.1) is 29.1 Å². The molecule has 0 spiro atoms. The van der Waals surface area contributed by atoms with Crippen LogP contribution >= 0.6 is 0 Å². The van der Waals surface area contributed by atoms with Crippen molar-refractivity contribution in [3.05, 3.63) is 34.6 Å². The van der Waals surface area contributed by atoms with Crippen molar-refractivity contribution >= 4 is 9.76 Å². The summed E-state index contributed by atoms with van der Waals surface area (Å²) in [5.74, 6) is -9.47. The van der Waals surface area contributed by atoms with E-state index in [4.69, 9.17) is 10.2 Å². The second kappa shape index (κ2) is 9.96. The SMILES string of the molecule is OC(O)O[SiH2]CCCCCCCc1c(F)c(F)c(F)c(F)c1F. The molecule has 0 amide bonds. The van der Waals surface area contributed by atoms with Crippen LogP contribution in [0.25, 0.3) is 0 Å². The molecule has 0 aromatic heterocycles. The number of hydrogen-bond donors (Lipinski definition) is 2. The molecule has 0 bridgehead atoms. The molecule has 1 rings (SSSR count). The smallest absolute Gasteiger partial charge is 0.256 e. The summed E-state index contributed by atoms with van der Waals surface area (Å²) in [6.07, 6.45) is 3.13. The highest BCUT2D eigenvalue weighted by atomic mass is 28.2. The summed E-state index contributed by atoms with van der Waals surface area (Å²) in [5.41, 5.74) is -0.765. The van der Waals surface area contributed by atoms with Crippen molar-refractivity contribution in [1.82, 2.24) is 0 Å². The highest BCUT2D eigenvalue weighted by molar-refractivity contribution is 6.26. The van der Waals surface area contributed by atoms with Gasteiger partial charge in [-0.15, -0.1) is 0 Å². The van der Waals surface area contributed by atoms with Crippen LogP contribution in [-0.4, -0.2) is 26.5 Å².